The molecule has 0 saturated carbocycles. The second kappa shape index (κ2) is 3.19. The molecule has 2 rings (SSSR count). The van der Waals surface area contributed by atoms with Crippen LogP contribution in [0.4, 0.5) is 11.4 Å². The number of amides is 1. The number of carbonyl (C=O) groups is 1. The highest BCUT2D eigenvalue weighted by molar-refractivity contribution is 7.89. The lowest BCUT2D eigenvalue weighted by molar-refractivity contribution is -0.117. The number of sulfonamides is 1. The molecule has 1 amide bonds. The maximum atomic E-state index is 11.4. The van der Waals surface area contributed by atoms with Crippen LogP contribution in [0.5, 0.6) is 0 Å². The minimum absolute atomic E-state index is 0.0631. The molecule has 0 spiro atoms. The van der Waals surface area contributed by atoms with Gasteiger partial charge in [-0.15, -0.1) is 0 Å². The molecule has 16 heavy (non-hydrogen) atoms. The number of nitrogens with two attached hydrogens (primary N) is 2. The number of carbonyl (C=O) groups excluding carboxylic acids is 1. The van der Waals surface area contributed by atoms with Crippen molar-refractivity contribution in [2.24, 2.45) is 5.14 Å². The Kier molecular flexibility index (Phi) is 2.18. The molecule has 0 aromatic heterocycles. The van der Waals surface area contributed by atoms with Crippen LogP contribution in [0.15, 0.2) is 17.0 Å². The summed E-state index contributed by atoms with van der Waals surface area (Å²) in [4.78, 5) is 12.8. The molecule has 0 radical (unpaired) electrons. The van der Waals surface area contributed by atoms with E-state index in [1.807, 2.05) is 0 Å². The average Bonchev–Trinajstić information content (AvgIpc) is 2.41. The molecule has 0 atom stereocenters. The van der Waals surface area contributed by atoms with Crippen molar-refractivity contribution in [3.8, 4) is 0 Å². The maximum absolute atomic E-state index is 11.4. The number of benzene rings is 1. The van der Waals surface area contributed by atoms with Gasteiger partial charge in [-0.05, 0) is 17.7 Å². The van der Waals surface area contributed by atoms with E-state index in [2.05, 4.69) is 0 Å². The van der Waals surface area contributed by atoms with E-state index in [1.54, 1.807) is 7.05 Å². The van der Waals surface area contributed by atoms with Gasteiger partial charge < -0.3 is 10.6 Å². The van der Waals surface area contributed by atoms with Crippen LogP contribution in [-0.2, 0) is 21.2 Å². The molecule has 1 aromatic rings. The van der Waals surface area contributed by atoms with E-state index in [1.165, 1.54) is 17.0 Å². The molecule has 0 bridgehead atoms. The van der Waals surface area contributed by atoms with Crippen molar-refractivity contribution in [1.82, 2.24) is 0 Å². The third-order valence-corrected chi connectivity index (χ3v) is 3.46. The topological polar surface area (TPSA) is 106 Å². The van der Waals surface area contributed by atoms with Gasteiger partial charge >= 0.3 is 0 Å². The largest absolute Gasteiger partial charge is 0.397 e. The van der Waals surface area contributed by atoms with Crippen molar-refractivity contribution in [3.63, 3.8) is 0 Å². The highest BCUT2D eigenvalue weighted by atomic mass is 32.2. The van der Waals surface area contributed by atoms with Crippen LogP contribution in [0.25, 0.3) is 0 Å². The fourth-order valence-electron chi connectivity index (χ4n) is 1.80. The van der Waals surface area contributed by atoms with Gasteiger partial charge in [0.05, 0.1) is 22.7 Å². The molecule has 0 unspecified atom stereocenters. The Morgan fingerprint density at radius 3 is 2.56 bits per heavy atom. The summed E-state index contributed by atoms with van der Waals surface area (Å²) in [5, 5.41) is 5.01. The minimum atomic E-state index is -3.79. The molecule has 1 aromatic carbocycles. The van der Waals surface area contributed by atoms with Crippen LogP contribution in [0, 0.1) is 0 Å². The molecular weight excluding hydrogens is 230 g/mol. The second-order valence-corrected chi connectivity index (χ2v) is 5.26. The summed E-state index contributed by atoms with van der Waals surface area (Å²) in [5.74, 6) is -0.117. The Hall–Kier alpha value is -1.60. The quantitative estimate of drug-likeness (QED) is 0.642. The lowest BCUT2D eigenvalue weighted by atomic mass is 10.1. The number of rotatable bonds is 1. The maximum Gasteiger partial charge on any atom is 0.238 e. The van der Waals surface area contributed by atoms with Gasteiger partial charge in [0, 0.05) is 7.05 Å². The van der Waals surface area contributed by atoms with Crippen molar-refractivity contribution in [1.29, 1.82) is 0 Å². The molecule has 7 heteroatoms. The van der Waals surface area contributed by atoms with Crippen LogP contribution in [0.2, 0.25) is 0 Å². The van der Waals surface area contributed by atoms with E-state index >= 15 is 0 Å². The van der Waals surface area contributed by atoms with Crippen LogP contribution in [0.1, 0.15) is 5.56 Å². The number of likely N-dealkylation sites (N-methyl/N-ethyl adjacent to an activating group) is 1. The number of nitrogens with zero attached hydrogens (tertiary/aromatic N) is 1. The van der Waals surface area contributed by atoms with Gasteiger partial charge in [0.1, 0.15) is 0 Å². The zero-order chi connectivity index (χ0) is 12.1. The number of hydrogen-bond donors (Lipinski definition) is 2. The molecular formula is C9H11N3O3S. The molecule has 0 aliphatic carbocycles. The first-order valence-corrected chi connectivity index (χ1v) is 6.07. The molecule has 86 valence electrons. The van der Waals surface area contributed by atoms with Gasteiger partial charge in [-0.3, -0.25) is 4.79 Å². The van der Waals surface area contributed by atoms with E-state index in [9.17, 15) is 13.2 Å². The zero-order valence-corrected chi connectivity index (χ0v) is 9.41. The van der Waals surface area contributed by atoms with Gasteiger partial charge in [0.2, 0.25) is 15.9 Å². The van der Waals surface area contributed by atoms with E-state index in [0.29, 0.717) is 11.3 Å². The summed E-state index contributed by atoms with van der Waals surface area (Å²) in [6, 6.07) is 2.66. The van der Waals surface area contributed by atoms with Crippen molar-refractivity contribution >= 4 is 27.3 Å². The second-order valence-electron chi connectivity index (χ2n) is 3.69. The van der Waals surface area contributed by atoms with Crippen LogP contribution in [0.3, 0.4) is 0 Å². The van der Waals surface area contributed by atoms with Crippen molar-refractivity contribution in [3.05, 3.63) is 17.7 Å². The number of fused-ring (bicyclic) bond motifs is 1. The summed E-state index contributed by atoms with van der Waals surface area (Å²) in [7, 11) is -2.19. The van der Waals surface area contributed by atoms with Crippen molar-refractivity contribution in [2.75, 3.05) is 17.7 Å². The number of primary sulfonamides is 1. The fraction of sp³-hybridized carbons (Fsp3) is 0.222. The third-order valence-electron chi connectivity index (χ3n) is 2.57. The summed E-state index contributed by atoms with van der Waals surface area (Å²) >= 11 is 0. The fourth-order valence-corrected chi connectivity index (χ4v) is 2.40. The van der Waals surface area contributed by atoms with Gasteiger partial charge in [-0.25, -0.2) is 13.6 Å². The Balaban J connectivity index is 2.67. The van der Waals surface area contributed by atoms with Crippen molar-refractivity contribution < 1.29 is 13.2 Å². The highest BCUT2D eigenvalue weighted by Gasteiger charge is 2.28. The highest BCUT2D eigenvalue weighted by Crippen LogP contribution is 2.35. The Labute approximate surface area is 92.9 Å². The molecule has 1 heterocycles. The number of anilines is 2. The Morgan fingerprint density at radius 1 is 1.38 bits per heavy atom. The van der Waals surface area contributed by atoms with Gasteiger partial charge in [0.15, 0.2) is 0 Å². The predicted molar refractivity (Wildman–Crippen MR) is 59.3 cm³/mol. The summed E-state index contributed by atoms with van der Waals surface area (Å²) < 4.78 is 22.3. The minimum Gasteiger partial charge on any atom is -0.397 e. The van der Waals surface area contributed by atoms with Gasteiger partial charge in [-0.2, -0.15) is 0 Å². The lowest BCUT2D eigenvalue weighted by Gasteiger charge is -2.13. The monoisotopic (exact) mass is 241 g/mol. The van der Waals surface area contributed by atoms with Crippen LogP contribution < -0.4 is 15.8 Å². The van der Waals surface area contributed by atoms with E-state index in [-0.39, 0.29) is 22.9 Å². The molecule has 6 nitrogen and oxygen atoms in total. The summed E-state index contributed by atoms with van der Waals surface area (Å²) in [5.41, 5.74) is 7.11. The third kappa shape index (κ3) is 1.54. The van der Waals surface area contributed by atoms with E-state index < -0.39 is 10.0 Å². The van der Waals surface area contributed by atoms with E-state index in [0.717, 1.165) is 0 Å². The van der Waals surface area contributed by atoms with Gasteiger partial charge in [0.25, 0.3) is 0 Å². The Morgan fingerprint density at radius 2 is 2.00 bits per heavy atom. The predicted octanol–water partition coefficient (Wildman–Crippen LogP) is -0.565. The molecule has 0 saturated heterocycles. The molecule has 1 aliphatic heterocycles. The zero-order valence-electron chi connectivity index (χ0n) is 8.60. The standard InChI is InChI=1S/C9H11N3O3S/c1-12-8(13)3-5-2-6(16(11,14)15)4-7(10)9(5)12/h2,4H,3,10H2,1H3,(H2,11,14,15). The SMILES string of the molecule is CN1C(=O)Cc2cc(S(N)(=O)=O)cc(N)c21. The lowest BCUT2D eigenvalue weighted by Crippen LogP contribution is -2.21. The van der Waals surface area contributed by atoms with Gasteiger partial charge in [-0.1, -0.05) is 0 Å². The molecule has 4 N–H and O–H groups in total. The Bertz CT molecular complexity index is 580. The number of nitrogen functional groups attached to an aromatic ring is 1. The van der Waals surface area contributed by atoms with Crippen molar-refractivity contribution in [2.45, 2.75) is 11.3 Å². The summed E-state index contributed by atoms with van der Waals surface area (Å²) in [6.07, 6.45) is 0.152. The first-order valence-electron chi connectivity index (χ1n) is 4.52. The first kappa shape index (κ1) is 10.9. The average molecular weight is 241 g/mol. The van der Waals surface area contributed by atoms with E-state index in [4.69, 9.17) is 10.9 Å². The molecule has 1 aliphatic rings. The first-order chi connectivity index (χ1) is 7.30. The number of hydrogen-bond acceptors (Lipinski definition) is 4. The normalized spacial score (nSPS) is 15.4. The van der Waals surface area contributed by atoms with Crippen LogP contribution in [-0.4, -0.2) is 21.4 Å². The van der Waals surface area contributed by atoms with Crippen LogP contribution >= 0.6 is 0 Å². The smallest absolute Gasteiger partial charge is 0.238 e. The summed E-state index contributed by atoms with van der Waals surface area (Å²) in [6.45, 7) is 0. The molecule has 0 fully saturated rings.